The van der Waals surface area contributed by atoms with Gasteiger partial charge in [0.15, 0.2) is 5.75 Å². The number of amides is 1. The molecule has 9 rings (SSSR count). The predicted octanol–water partition coefficient (Wildman–Crippen LogP) is 10.5. The molecule has 5 aromatic rings. The van der Waals surface area contributed by atoms with E-state index in [-0.39, 0.29) is 50.5 Å². The third-order valence-corrected chi connectivity index (χ3v) is 16.5. The van der Waals surface area contributed by atoms with Crippen LogP contribution < -0.4 is 24.4 Å². The summed E-state index contributed by atoms with van der Waals surface area (Å²) in [5.41, 5.74) is 4.10. The highest BCUT2D eigenvalue weighted by Gasteiger charge is 2.49. The van der Waals surface area contributed by atoms with Crippen LogP contribution in [-0.2, 0) is 10.0 Å². The molecule has 4 fully saturated rings. The van der Waals surface area contributed by atoms with Gasteiger partial charge in [-0.3, -0.25) is 19.8 Å². The van der Waals surface area contributed by atoms with Gasteiger partial charge in [-0.2, -0.15) is 4.98 Å². The van der Waals surface area contributed by atoms with Crippen molar-refractivity contribution in [3.8, 4) is 17.4 Å². The number of carbonyl (C=O) groups is 1. The third kappa shape index (κ3) is 9.56. The number of nitrogens with zero attached hydrogens (tertiary/aromatic N) is 4. The van der Waals surface area contributed by atoms with Crippen molar-refractivity contribution in [2.75, 3.05) is 50.1 Å². The second-order valence-corrected chi connectivity index (χ2v) is 22.1. The van der Waals surface area contributed by atoms with Crippen LogP contribution in [0.1, 0.15) is 119 Å². The molecule has 1 spiro atoms. The maximum Gasteiger partial charge on any atom is 0.293 e. The van der Waals surface area contributed by atoms with Crippen LogP contribution in [0.4, 0.5) is 21.5 Å². The standard InChI is InChI=1S/C51H62FN7O7S/c1-32(2)36-9-6-7-10-37(36)38-11-8-12-43(38)58-30-51(31-58)21-23-57(24-22-51)34-13-15-39(45(25-34)66-46-27-40-41(52)29-54-47(40)55-49(46)65-5)48(60)56-67(63,64)35-14-16-42(44(26-35)59(61)62)53-28-33-17-19-50(3,4)20-18-33/h6-7,9-10,13-16,25-27,29,32-33,38,43,53H,8,11-12,17-24,28,30-31H2,1-5H3,(H,54,55)(H,56,60)/t38-,43?/m0/s1. The molecule has 1 unspecified atom stereocenters. The number of carbonyl (C=O) groups excluding carboxylic acids is 1. The van der Waals surface area contributed by atoms with E-state index in [1.807, 2.05) is 0 Å². The molecule has 14 nitrogen and oxygen atoms in total. The number of H-pyrrole nitrogens is 1. The van der Waals surface area contributed by atoms with E-state index in [0.717, 1.165) is 82.7 Å². The van der Waals surface area contributed by atoms with Gasteiger partial charge in [0.1, 0.15) is 22.9 Å². The number of aromatic amines is 1. The van der Waals surface area contributed by atoms with Crippen LogP contribution in [-0.4, -0.2) is 80.0 Å². The number of sulfonamides is 1. The molecule has 2 atom stereocenters. The van der Waals surface area contributed by atoms with E-state index in [2.05, 4.69) is 81.8 Å². The number of nitro groups is 1. The maximum absolute atomic E-state index is 14.8. The fourth-order valence-electron chi connectivity index (χ4n) is 11.1. The molecule has 3 N–H and O–H groups in total. The van der Waals surface area contributed by atoms with Gasteiger partial charge in [-0.15, -0.1) is 0 Å². The number of aromatic nitrogens is 2. The summed E-state index contributed by atoms with van der Waals surface area (Å²) in [6.45, 7) is 13.2. The Morgan fingerprint density at radius 2 is 1.73 bits per heavy atom. The van der Waals surface area contributed by atoms with Crippen LogP contribution in [0, 0.1) is 32.7 Å². The summed E-state index contributed by atoms with van der Waals surface area (Å²) in [5, 5.41) is 15.5. The van der Waals surface area contributed by atoms with Crippen LogP contribution in [0.15, 0.2) is 77.8 Å². The molecule has 16 heteroatoms. The van der Waals surface area contributed by atoms with Crippen molar-refractivity contribution in [2.45, 2.75) is 108 Å². The normalized spacial score (nSPS) is 20.8. The Kier molecular flexibility index (Phi) is 12.7. The van der Waals surface area contributed by atoms with Crippen molar-refractivity contribution in [2.24, 2.45) is 16.7 Å². The monoisotopic (exact) mass is 935 g/mol. The molecule has 2 saturated carbocycles. The molecular formula is C51H62FN7O7S. The number of ether oxygens (including phenoxy) is 2. The summed E-state index contributed by atoms with van der Waals surface area (Å²) < 4.78 is 56.5. The van der Waals surface area contributed by atoms with Crippen molar-refractivity contribution in [1.29, 1.82) is 0 Å². The second kappa shape index (κ2) is 18.4. The molecule has 3 aromatic carbocycles. The first-order valence-corrected chi connectivity index (χ1v) is 25.2. The van der Waals surface area contributed by atoms with E-state index in [4.69, 9.17) is 9.47 Å². The van der Waals surface area contributed by atoms with Gasteiger partial charge >= 0.3 is 0 Å². The number of methoxy groups -OCH3 is 1. The lowest BCUT2D eigenvalue weighted by molar-refractivity contribution is -0.384. The average Bonchev–Trinajstić information content (AvgIpc) is 3.93. The number of hydrogen-bond donors (Lipinski definition) is 3. The molecule has 0 radical (unpaired) electrons. The van der Waals surface area contributed by atoms with Crippen molar-refractivity contribution < 1.29 is 32.0 Å². The largest absolute Gasteiger partial charge is 0.478 e. The fraction of sp³-hybridized carbons (Fsp3) is 0.490. The smallest absolute Gasteiger partial charge is 0.293 e. The fourth-order valence-corrected chi connectivity index (χ4v) is 12.1. The van der Waals surface area contributed by atoms with Gasteiger partial charge in [-0.25, -0.2) is 17.5 Å². The summed E-state index contributed by atoms with van der Waals surface area (Å²) >= 11 is 0. The van der Waals surface area contributed by atoms with E-state index in [9.17, 15) is 27.7 Å². The van der Waals surface area contributed by atoms with Crippen LogP contribution in [0.3, 0.4) is 0 Å². The van der Waals surface area contributed by atoms with Crippen LogP contribution in [0.5, 0.6) is 17.4 Å². The highest BCUT2D eigenvalue weighted by Crippen LogP contribution is 2.49. The van der Waals surface area contributed by atoms with Gasteiger partial charge in [-0.1, -0.05) is 58.4 Å². The zero-order valence-corrected chi connectivity index (χ0v) is 39.9. The minimum absolute atomic E-state index is 0.00611. The Morgan fingerprint density at radius 1 is 0.985 bits per heavy atom. The Labute approximate surface area is 392 Å². The molecule has 4 aliphatic rings. The Bertz CT molecular complexity index is 2770. The third-order valence-electron chi connectivity index (χ3n) is 15.1. The van der Waals surface area contributed by atoms with Crippen LogP contribution in [0.25, 0.3) is 11.0 Å². The number of benzene rings is 3. The number of halogens is 1. The molecule has 67 heavy (non-hydrogen) atoms. The lowest BCUT2D eigenvalue weighted by Gasteiger charge is -2.57. The van der Waals surface area contributed by atoms with E-state index >= 15 is 0 Å². The highest BCUT2D eigenvalue weighted by atomic mass is 32.2. The van der Waals surface area contributed by atoms with E-state index in [0.29, 0.717) is 30.3 Å². The molecule has 2 aromatic heterocycles. The summed E-state index contributed by atoms with van der Waals surface area (Å²) in [4.78, 5) is 37.3. The molecule has 4 heterocycles. The van der Waals surface area contributed by atoms with Gasteiger partial charge in [0.2, 0.25) is 0 Å². The molecule has 2 aliphatic carbocycles. The average molecular weight is 936 g/mol. The van der Waals surface area contributed by atoms with Crippen molar-refractivity contribution in [3.63, 3.8) is 0 Å². The van der Waals surface area contributed by atoms with Crippen molar-refractivity contribution in [1.82, 2.24) is 19.6 Å². The molecule has 1 amide bonds. The SMILES string of the molecule is COc1nc2[nH]cc(F)c2cc1Oc1cc(N2CCC3(CC2)CN(C2CCC[C@H]2c2ccccc2C(C)C)C3)ccc1C(=O)NS(=O)(=O)c1ccc(NCC2CCC(C)(C)CC2)c([N+](=O)[O-])c1. The Hall–Kier alpha value is -5.74. The predicted molar refractivity (Wildman–Crippen MR) is 257 cm³/mol. The zero-order valence-electron chi connectivity index (χ0n) is 39.1. The number of fused-ring (bicyclic) bond motifs is 1. The number of rotatable bonds is 14. The van der Waals surface area contributed by atoms with Crippen LogP contribution in [0.2, 0.25) is 0 Å². The summed E-state index contributed by atoms with van der Waals surface area (Å²) in [6, 6.07) is 19.4. The van der Waals surface area contributed by atoms with E-state index in [1.165, 1.54) is 61.8 Å². The first kappa shape index (κ1) is 46.4. The summed E-state index contributed by atoms with van der Waals surface area (Å²) in [6.07, 6.45) is 10.9. The number of likely N-dealkylation sites (tertiary alicyclic amines) is 1. The van der Waals surface area contributed by atoms with Crippen molar-refractivity contribution in [3.05, 3.63) is 106 Å². The topological polar surface area (TPSA) is 172 Å². The Balaban J connectivity index is 0.927. The van der Waals surface area contributed by atoms with Gasteiger partial charge in [0.05, 0.1) is 27.9 Å². The van der Waals surface area contributed by atoms with Gasteiger partial charge < -0.3 is 24.7 Å². The molecule has 2 saturated heterocycles. The van der Waals surface area contributed by atoms with E-state index in [1.54, 1.807) is 12.1 Å². The minimum Gasteiger partial charge on any atom is -0.478 e. The molecular weight excluding hydrogens is 874 g/mol. The summed E-state index contributed by atoms with van der Waals surface area (Å²) in [7, 11) is -3.24. The first-order chi connectivity index (χ1) is 32.0. The molecule has 2 aliphatic heterocycles. The number of hydrogen-bond acceptors (Lipinski definition) is 11. The maximum atomic E-state index is 14.8. The van der Waals surface area contributed by atoms with Crippen LogP contribution >= 0.6 is 0 Å². The second-order valence-electron chi connectivity index (χ2n) is 20.5. The van der Waals surface area contributed by atoms with Gasteiger partial charge in [-0.05, 0) is 115 Å². The van der Waals surface area contributed by atoms with Gasteiger partial charge in [0.25, 0.3) is 27.5 Å². The Morgan fingerprint density at radius 3 is 2.45 bits per heavy atom. The van der Waals surface area contributed by atoms with Gasteiger partial charge in [0, 0.05) is 68.8 Å². The summed E-state index contributed by atoms with van der Waals surface area (Å²) in [5.74, 6) is -0.216. The zero-order chi connectivity index (χ0) is 47.3. The number of nitrogens with one attached hydrogen (secondary N) is 3. The minimum atomic E-state index is -4.63. The molecule has 0 bridgehead atoms. The number of piperidine rings is 1. The molecule has 356 valence electrons. The lowest BCUT2D eigenvalue weighted by Crippen LogP contribution is -2.63. The number of nitro benzene ring substituents is 1. The lowest BCUT2D eigenvalue weighted by atomic mass is 9.70. The quantitative estimate of drug-likeness (QED) is 0.0715. The first-order valence-electron chi connectivity index (χ1n) is 23.7. The van der Waals surface area contributed by atoms with E-state index < -0.39 is 37.3 Å². The number of anilines is 2. The highest BCUT2D eigenvalue weighted by molar-refractivity contribution is 7.90. The van der Waals surface area contributed by atoms with Crippen molar-refractivity contribution >= 4 is 44.0 Å². The number of pyridine rings is 1.